The molecular formula is C38H49N3O5. The number of benzene rings is 2. The van der Waals surface area contributed by atoms with E-state index in [0.29, 0.717) is 52.0 Å². The first kappa shape index (κ1) is 33.6. The summed E-state index contributed by atoms with van der Waals surface area (Å²) in [5, 5.41) is 9.27. The number of aliphatic hydroxyl groups excluding tert-OH is 1. The lowest BCUT2D eigenvalue weighted by atomic mass is 9.62. The molecule has 6 atom stereocenters. The molecule has 2 aromatic rings. The van der Waals surface area contributed by atoms with Crippen LogP contribution in [0.2, 0.25) is 0 Å². The molecule has 0 aromatic heterocycles. The van der Waals surface area contributed by atoms with Crippen LogP contribution in [0.4, 0.5) is 0 Å². The van der Waals surface area contributed by atoms with Gasteiger partial charge in [-0.3, -0.25) is 14.4 Å². The van der Waals surface area contributed by atoms with Gasteiger partial charge in [-0.05, 0) is 43.2 Å². The number of amides is 3. The van der Waals surface area contributed by atoms with Crippen molar-refractivity contribution in [3.8, 4) is 0 Å². The van der Waals surface area contributed by atoms with Crippen LogP contribution in [0.1, 0.15) is 57.1 Å². The second-order valence-electron chi connectivity index (χ2n) is 13.4. The van der Waals surface area contributed by atoms with E-state index in [4.69, 9.17) is 4.74 Å². The smallest absolute Gasteiger partial charge is 0.248 e. The van der Waals surface area contributed by atoms with Crippen molar-refractivity contribution >= 4 is 17.7 Å². The molecule has 5 rings (SSSR count). The van der Waals surface area contributed by atoms with E-state index in [-0.39, 0.29) is 30.2 Å². The maximum absolute atomic E-state index is 14.8. The van der Waals surface area contributed by atoms with E-state index in [0.717, 1.165) is 24.0 Å². The van der Waals surface area contributed by atoms with Gasteiger partial charge in [-0.1, -0.05) is 92.6 Å². The number of ether oxygens (including phenoxy) is 1. The van der Waals surface area contributed by atoms with Gasteiger partial charge >= 0.3 is 0 Å². The van der Waals surface area contributed by atoms with Crippen molar-refractivity contribution in [3.63, 3.8) is 0 Å². The maximum Gasteiger partial charge on any atom is 0.248 e. The summed E-state index contributed by atoms with van der Waals surface area (Å²) in [6.07, 6.45) is 7.01. The molecule has 3 unspecified atom stereocenters. The Bertz CT molecular complexity index is 1400. The Hall–Kier alpha value is -3.75. The number of unbranched alkanes of at least 4 members (excludes halogenated alkanes) is 3. The minimum absolute atomic E-state index is 0.0467. The zero-order valence-corrected chi connectivity index (χ0v) is 27.4. The number of carbonyl (C=O) groups excluding carboxylic acids is 3. The van der Waals surface area contributed by atoms with E-state index < -0.39 is 29.1 Å². The number of aliphatic hydroxyl groups is 1. The van der Waals surface area contributed by atoms with Gasteiger partial charge in [-0.15, -0.1) is 13.2 Å². The summed E-state index contributed by atoms with van der Waals surface area (Å²) in [5.74, 6) is -2.03. The highest BCUT2D eigenvalue weighted by Gasteiger charge is 2.80. The third kappa shape index (κ3) is 6.17. The topological polar surface area (TPSA) is 90.4 Å². The van der Waals surface area contributed by atoms with Gasteiger partial charge in [-0.25, -0.2) is 0 Å². The molecule has 0 aliphatic carbocycles. The third-order valence-electron chi connectivity index (χ3n) is 10.4. The van der Waals surface area contributed by atoms with Gasteiger partial charge in [0.25, 0.3) is 0 Å². The van der Waals surface area contributed by atoms with Crippen LogP contribution in [-0.4, -0.2) is 81.0 Å². The first-order chi connectivity index (χ1) is 22.2. The molecule has 2 bridgehead atoms. The molecule has 246 valence electrons. The van der Waals surface area contributed by atoms with Crippen LogP contribution in [0.3, 0.4) is 0 Å². The average Bonchev–Trinajstić information content (AvgIpc) is 3.57. The van der Waals surface area contributed by atoms with Gasteiger partial charge in [0.05, 0.1) is 17.4 Å². The fourth-order valence-electron chi connectivity index (χ4n) is 8.14. The third-order valence-corrected chi connectivity index (χ3v) is 10.4. The number of carbonyl (C=O) groups is 3. The summed E-state index contributed by atoms with van der Waals surface area (Å²) in [4.78, 5) is 49.4. The van der Waals surface area contributed by atoms with Crippen LogP contribution in [0.25, 0.3) is 0 Å². The minimum Gasteiger partial charge on any atom is -0.396 e. The van der Waals surface area contributed by atoms with E-state index in [1.165, 1.54) is 0 Å². The summed E-state index contributed by atoms with van der Waals surface area (Å²) in [5.41, 5.74) is -0.0399. The largest absolute Gasteiger partial charge is 0.396 e. The number of hydrogen-bond acceptors (Lipinski definition) is 5. The quantitative estimate of drug-likeness (QED) is 0.210. The van der Waals surface area contributed by atoms with Gasteiger partial charge in [0.1, 0.15) is 11.6 Å². The van der Waals surface area contributed by atoms with Crippen molar-refractivity contribution in [1.82, 2.24) is 14.7 Å². The number of hydrogen-bond donors (Lipinski definition) is 1. The predicted octanol–water partition coefficient (Wildman–Crippen LogP) is 4.98. The van der Waals surface area contributed by atoms with Crippen molar-refractivity contribution in [3.05, 3.63) is 97.1 Å². The summed E-state index contributed by atoms with van der Waals surface area (Å²) in [7, 11) is 0. The number of fused-ring (bicyclic) bond motifs is 1. The molecule has 1 spiro atoms. The Morgan fingerprint density at radius 3 is 2.00 bits per heavy atom. The Kier molecular flexibility index (Phi) is 10.5. The van der Waals surface area contributed by atoms with Crippen LogP contribution in [0.5, 0.6) is 0 Å². The maximum atomic E-state index is 14.8. The molecule has 2 aromatic carbocycles. The number of likely N-dealkylation sites (tertiary alicyclic amines) is 1. The first-order valence-corrected chi connectivity index (χ1v) is 16.7. The Morgan fingerprint density at radius 1 is 0.913 bits per heavy atom. The lowest BCUT2D eigenvalue weighted by Gasteiger charge is -2.39. The molecule has 0 saturated carbocycles. The Morgan fingerprint density at radius 2 is 1.46 bits per heavy atom. The molecule has 3 heterocycles. The second kappa shape index (κ2) is 14.3. The van der Waals surface area contributed by atoms with Crippen LogP contribution < -0.4 is 0 Å². The van der Waals surface area contributed by atoms with Crippen LogP contribution in [-0.2, 0) is 32.2 Å². The van der Waals surface area contributed by atoms with E-state index >= 15 is 0 Å². The molecule has 8 heteroatoms. The number of nitrogens with zero attached hydrogens (tertiary/aromatic N) is 3. The fourth-order valence-corrected chi connectivity index (χ4v) is 8.14. The molecule has 3 fully saturated rings. The standard InChI is InChI=1S/C38H49N3O5/c1-5-21-39(26-29-17-11-9-12-18-29)34(43)31-32-35(44)41(23-15-7-8-16-24-42)33(38(32)25-28(3)37(31,4)46-38)36(45)40(22-6-2)27-30-19-13-10-14-20-30/h5-6,9-14,17-20,28,31-33,42H,1-2,7-8,15-16,21-27H2,3-4H3/t28?,31-,32-,33?,37+,38?/m0/s1. The highest BCUT2D eigenvalue weighted by Crippen LogP contribution is 2.65. The minimum atomic E-state index is -1.11. The normalized spacial score (nSPS) is 27.8. The molecule has 3 saturated heterocycles. The number of rotatable bonds is 16. The highest BCUT2D eigenvalue weighted by atomic mass is 16.5. The molecule has 3 aliphatic heterocycles. The molecule has 8 nitrogen and oxygen atoms in total. The zero-order valence-electron chi connectivity index (χ0n) is 27.4. The van der Waals surface area contributed by atoms with Crippen LogP contribution in [0, 0.1) is 17.8 Å². The summed E-state index contributed by atoms with van der Waals surface area (Å²) in [6, 6.07) is 18.8. The second-order valence-corrected chi connectivity index (χ2v) is 13.4. The molecule has 3 amide bonds. The van der Waals surface area contributed by atoms with Crippen molar-refractivity contribution in [2.75, 3.05) is 26.2 Å². The summed E-state index contributed by atoms with van der Waals surface area (Å²) < 4.78 is 7.01. The zero-order chi connectivity index (χ0) is 32.9. The molecular weight excluding hydrogens is 578 g/mol. The van der Waals surface area contributed by atoms with Crippen molar-refractivity contribution in [1.29, 1.82) is 0 Å². The molecule has 46 heavy (non-hydrogen) atoms. The summed E-state index contributed by atoms with van der Waals surface area (Å²) >= 11 is 0. The van der Waals surface area contributed by atoms with E-state index in [9.17, 15) is 19.5 Å². The summed E-state index contributed by atoms with van der Waals surface area (Å²) in [6.45, 7) is 13.8. The SMILES string of the molecule is C=CCN(Cc1ccccc1)C(=O)C1N(CCCCCCO)C(=O)[C@@H]2[C@@H](C(=O)N(CC=C)Cc3ccccc3)[C@]3(C)OC12CC3C. The predicted molar refractivity (Wildman–Crippen MR) is 178 cm³/mol. The van der Waals surface area contributed by atoms with Crippen molar-refractivity contribution in [2.24, 2.45) is 17.8 Å². The fraction of sp³-hybridized carbons (Fsp3) is 0.500. The first-order valence-electron chi connectivity index (χ1n) is 16.7. The van der Waals surface area contributed by atoms with Gasteiger partial charge in [0, 0.05) is 39.3 Å². The van der Waals surface area contributed by atoms with Gasteiger partial charge in [0.2, 0.25) is 17.7 Å². The van der Waals surface area contributed by atoms with Crippen LogP contribution >= 0.6 is 0 Å². The Balaban J connectivity index is 1.53. The molecule has 1 N–H and O–H groups in total. The van der Waals surface area contributed by atoms with Gasteiger partial charge in [-0.2, -0.15) is 0 Å². The average molecular weight is 628 g/mol. The van der Waals surface area contributed by atoms with E-state index in [1.54, 1.807) is 26.9 Å². The lowest BCUT2D eigenvalue weighted by Crippen LogP contribution is -2.56. The van der Waals surface area contributed by atoms with Crippen molar-refractivity contribution < 1.29 is 24.2 Å². The Labute approximate surface area is 273 Å². The monoisotopic (exact) mass is 627 g/mol. The van der Waals surface area contributed by atoms with E-state index in [1.807, 2.05) is 67.6 Å². The van der Waals surface area contributed by atoms with Gasteiger partial charge < -0.3 is 24.5 Å². The van der Waals surface area contributed by atoms with Crippen LogP contribution in [0.15, 0.2) is 86.0 Å². The van der Waals surface area contributed by atoms with Gasteiger partial charge in [0.15, 0.2) is 0 Å². The lowest BCUT2D eigenvalue weighted by molar-refractivity contribution is -0.155. The molecule has 0 radical (unpaired) electrons. The molecule has 3 aliphatic rings. The van der Waals surface area contributed by atoms with Crippen molar-refractivity contribution in [2.45, 2.75) is 76.3 Å². The highest BCUT2D eigenvalue weighted by molar-refractivity contribution is 5.99. The van der Waals surface area contributed by atoms with E-state index in [2.05, 4.69) is 20.1 Å².